The number of methoxy groups -OCH3 is 1. The van der Waals surface area contributed by atoms with Crippen molar-refractivity contribution in [3.63, 3.8) is 0 Å². The predicted octanol–water partition coefficient (Wildman–Crippen LogP) is -1.36. The minimum atomic E-state index is -0.978. The van der Waals surface area contributed by atoms with Crippen LogP contribution in [0.1, 0.15) is 11.7 Å². The first-order chi connectivity index (χ1) is 10.1. The van der Waals surface area contributed by atoms with Crippen LogP contribution in [0.25, 0.3) is 11.0 Å². The van der Waals surface area contributed by atoms with Gasteiger partial charge in [0.15, 0.2) is 0 Å². The van der Waals surface area contributed by atoms with Crippen LogP contribution in [-0.4, -0.2) is 57.2 Å². The average molecular weight is 296 g/mol. The number of fused-ring (bicyclic) bond motifs is 1. The molecule has 3 heterocycles. The number of aromatic amines is 2. The van der Waals surface area contributed by atoms with Crippen molar-refractivity contribution in [2.75, 3.05) is 19.5 Å². The van der Waals surface area contributed by atoms with Crippen molar-refractivity contribution >= 4 is 17.0 Å². The molecule has 9 nitrogen and oxygen atoms in total. The Kier molecular flexibility index (Phi) is 3.41. The molecule has 0 aromatic carbocycles. The van der Waals surface area contributed by atoms with E-state index < -0.39 is 30.0 Å². The second-order valence-electron chi connectivity index (χ2n) is 4.89. The van der Waals surface area contributed by atoms with Crippen molar-refractivity contribution in [3.8, 4) is 0 Å². The fourth-order valence-corrected chi connectivity index (χ4v) is 2.67. The van der Waals surface area contributed by atoms with Crippen molar-refractivity contribution < 1.29 is 19.7 Å². The van der Waals surface area contributed by atoms with E-state index in [0.29, 0.717) is 11.1 Å². The summed E-state index contributed by atoms with van der Waals surface area (Å²) >= 11 is 0. The van der Waals surface area contributed by atoms with E-state index >= 15 is 0 Å². The summed E-state index contributed by atoms with van der Waals surface area (Å²) in [6.07, 6.45) is -1.51. The molecule has 4 atom stereocenters. The minimum Gasteiger partial charge on any atom is -0.394 e. The number of aliphatic hydroxyl groups is 2. The van der Waals surface area contributed by atoms with E-state index in [4.69, 9.17) is 15.2 Å². The van der Waals surface area contributed by atoms with Gasteiger partial charge in [-0.1, -0.05) is 0 Å². The molecule has 0 saturated carbocycles. The van der Waals surface area contributed by atoms with Crippen molar-refractivity contribution in [1.82, 2.24) is 15.0 Å². The SMILES string of the molecule is CO[C@H]1C(c2c[nH]c3c(=O)[nH]c(N)nc23)O[C@H](CO)[C@H]1O. The number of hydrogen-bond donors (Lipinski definition) is 5. The standard InChI is InChI=1S/C12H16N4O5/c1-20-10-8(18)5(3-17)21-9(10)4-2-14-7-6(4)15-12(13)16-11(7)19/h2,5,8-10,14,17-18H,3H2,1H3,(H3,13,15,16,19)/t5-,8-,9?,10-/m1/s1. The number of aliphatic hydroxyl groups excluding tert-OH is 2. The molecular weight excluding hydrogens is 280 g/mol. The number of rotatable bonds is 3. The second kappa shape index (κ2) is 5.11. The number of aromatic nitrogens is 3. The Morgan fingerprint density at radius 3 is 3.00 bits per heavy atom. The van der Waals surface area contributed by atoms with Gasteiger partial charge in [-0.3, -0.25) is 9.78 Å². The highest BCUT2D eigenvalue weighted by molar-refractivity contribution is 5.79. The number of ether oxygens (including phenoxy) is 2. The molecule has 1 fully saturated rings. The zero-order valence-electron chi connectivity index (χ0n) is 11.2. The van der Waals surface area contributed by atoms with Crippen LogP contribution >= 0.6 is 0 Å². The summed E-state index contributed by atoms with van der Waals surface area (Å²) in [5.41, 5.74) is 6.33. The average Bonchev–Trinajstić information content (AvgIpc) is 2.99. The van der Waals surface area contributed by atoms with Crippen LogP contribution in [0.4, 0.5) is 5.95 Å². The second-order valence-corrected chi connectivity index (χ2v) is 4.89. The maximum Gasteiger partial charge on any atom is 0.276 e. The maximum absolute atomic E-state index is 11.8. The molecule has 1 aliphatic rings. The summed E-state index contributed by atoms with van der Waals surface area (Å²) in [6.45, 7) is -0.337. The quantitative estimate of drug-likeness (QED) is 0.470. The van der Waals surface area contributed by atoms with Gasteiger partial charge in [0.25, 0.3) is 5.56 Å². The van der Waals surface area contributed by atoms with Crippen LogP contribution in [0.3, 0.4) is 0 Å². The predicted molar refractivity (Wildman–Crippen MR) is 72.6 cm³/mol. The number of H-pyrrole nitrogens is 2. The zero-order valence-corrected chi connectivity index (χ0v) is 11.2. The normalized spacial score (nSPS) is 29.3. The summed E-state index contributed by atoms with van der Waals surface area (Å²) in [7, 11) is 1.44. The molecule has 6 N–H and O–H groups in total. The Bertz CT molecular complexity index is 711. The molecule has 0 radical (unpaired) electrons. The van der Waals surface area contributed by atoms with Gasteiger partial charge in [0.2, 0.25) is 5.95 Å². The van der Waals surface area contributed by atoms with Crippen LogP contribution < -0.4 is 11.3 Å². The molecule has 0 amide bonds. The Balaban J connectivity index is 2.10. The highest BCUT2D eigenvalue weighted by Crippen LogP contribution is 2.37. The van der Waals surface area contributed by atoms with Crippen molar-refractivity contribution in [2.24, 2.45) is 0 Å². The molecule has 1 saturated heterocycles. The summed E-state index contributed by atoms with van der Waals surface area (Å²) < 4.78 is 10.9. The molecule has 21 heavy (non-hydrogen) atoms. The first kappa shape index (κ1) is 14.0. The molecule has 114 valence electrons. The van der Waals surface area contributed by atoms with Gasteiger partial charge in [0.05, 0.1) is 6.61 Å². The van der Waals surface area contributed by atoms with Crippen molar-refractivity contribution in [2.45, 2.75) is 24.4 Å². The zero-order chi connectivity index (χ0) is 15.1. The number of anilines is 1. The number of hydrogen-bond acceptors (Lipinski definition) is 7. The molecule has 2 aromatic rings. The van der Waals surface area contributed by atoms with Crippen LogP contribution in [-0.2, 0) is 9.47 Å². The fourth-order valence-electron chi connectivity index (χ4n) is 2.67. The Morgan fingerprint density at radius 2 is 2.33 bits per heavy atom. The van der Waals surface area contributed by atoms with Gasteiger partial charge in [-0.15, -0.1) is 0 Å². The van der Waals surface area contributed by atoms with Crippen LogP contribution in [0.2, 0.25) is 0 Å². The maximum atomic E-state index is 11.8. The van der Waals surface area contributed by atoms with Gasteiger partial charge in [-0.05, 0) is 0 Å². The number of nitrogens with two attached hydrogens (primary N) is 1. The third-order valence-electron chi connectivity index (χ3n) is 3.68. The molecule has 2 aromatic heterocycles. The van der Waals surface area contributed by atoms with Gasteiger partial charge >= 0.3 is 0 Å². The van der Waals surface area contributed by atoms with E-state index in [1.807, 2.05) is 0 Å². The van der Waals surface area contributed by atoms with Gasteiger partial charge in [0.1, 0.15) is 35.4 Å². The number of nitrogen functional groups attached to an aromatic ring is 1. The fraction of sp³-hybridized carbons (Fsp3) is 0.500. The van der Waals surface area contributed by atoms with Crippen LogP contribution in [0.15, 0.2) is 11.0 Å². The topological polar surface area (TPSA) is 146 Å². The molecule has 0 aliphatic carbocycles. The molecular formula is C12H16N4O5. The monoisotopic (exact) mass is 296 g/mol. The number of nitrogens with zero attached hydrogens (tertiary/aromatic N) is 1. The van der Waals surface area contributed by atoms with E-state index in [0.717, 1.165) is 0 Å². The lowest BCUT2D eigenvalue weighted by Gasteiger charge is -2.17. The molecule has 0 bridgehead atoms. The highest BCUT2D eigenvalue weighted by atomic mass is 16.6. The van der Waals surface area contributed by atoms with Crippen molar-refractivity contribution in [3.05, 3.63) is 22.1 Å². The van der Waals surface area contributed by atoms with E-state index in [9.17, 15) is 15.0 Å². The van der Waals surface area contributed by atoms with Crippen LogP contribution in [0.5, 0.6) is 0 Å². The van der Waals surface area contributed by atoms with Gasteiger partial charge in [-0.25, -0.2) is 4.98 Å². The molecule has 0 spiro atoms. The summed E-state index contributed by atoms with van der Waals surface area (Å²) in [5.74, 6) is -0.0143. The van der Waals surface area contributed by atoms with Crippen molar-refractivity contribution in [1.29, 1.82) is 0 Å². The largest absolute Gasteiger partial charge is 0.394 e. The number of nitrogens with one attached hydrogen (secondary N) is 2. The van der Waals surface area contributed by atoms with Crippen LogP contribution in [0, 0.1) is 0 Å². The molecule has 3 rings (SSSR count). The lowest BCUT2D eigenvalue weighted by atomic mass is 10.0. The van der Waals surface area contributed by atoms with E-state index in [1.54, 1.807) is 6.20 Å². The van der Waals surface area contributed by atoms with Gasteiger partial charge < -0.3 is 30.4 Å². The molecule has 1 aliphatic heterocycles. The first-order valence-corrected chi connectivity index (χ1v) is 6.40. The van der Waals surface area contributed by atoms with E-state index in [1.165, 1.54) is 7.11 Å². The lowest BCUT2D eigenvalue weighted by Crippen LogP contribution is -2.33. The van der Waals surface area contributed by atoms with Gasteiger partial charge in [-0.2, -0.15) is 0 Å². The van der Waals surface area contributed by atoms with E-state index in [-0.39, 0.29) is 18.1 Å². The molecule has 9 heteroatoms. The minimum absolute atomic E-state index is 0.0143. The summed E-state index contributed by atoms with van der Waals surface area (Å²) in [5, 5.41) is 19.3. The van der Waals surface area contributed by atoms with Gasteiger partial charge in [0, 0.05) is 18.9 Å². The third kappa shape index (κ3) is 2.10. The highest BCUT2D eigenvalue weighted by Gasteiger charge is 2.45. The smallest absolute Gasteiger partial charge is 0.276 e. The Labute approximate surface area is 118 Å². The first-order valence-electron chi connectivity index (χ1n) is 6.40. The summed E-state index contributed by atoms with van der Waals surface area (Å²) in [6, 6.07) is 0. The Morgan fingerprint density at radius 1 is 1.57 bits per heavy atom. The lowest BCUT2D eigenvalue weighted by molar-refractivity contribution is -0.0229. The summed E-state index contributed by atoms with van der Waals surface area (Å²) in [4.78, 5) is 21.1. The Hall–Kier alpha value is -1.94. The third-order valence-corrected chi connectivity index (χ3v) is 3.68. The molecule has 1 unspecified atom stereocenters. The van der Waals surface area contributed by atoms with E-state index in [2.05, 4.69) is 15.0 Å².